The van der Waals surface area contributed by atoms with Crippen molar-refractivity contribution in [1.82, 2.24) is 0 Å². The summed E-state index contributed by atoms with van der Waals surface area (Å²) >= 11 is 2.34. The predicted molar refractivity (Wildman–Crippen MR) is 70.4 cm³/mol. The summed E-state index contributed by atoms with van der Waals surface area (Å²) < 4.78 is 11.5. The third-order valence-electron chi connectivity index (χ3n) is 2.09. The number of ether oxygens (including phenoxy) is 2. The monoisotopic (exact) mass is 320 g/mol. The highest BCUT2D eigenvalue weighted by atomic mass is 127. The van der Waals surface area contributed by atoms with Gasteiger partial charge in [0.05, 0.1) is 0 Å². The first-order valence-corrected chi connectivity index (χ1v) is 5.95. The van der Waals surface area contributed by atoms with E-state index in [9.17, 15) is 0 Å². The molecule has 0 N–H and O–H groups in total. The zero-order chi connectivity index (χ0) is 11.5. The van der Waals surface area contributed by atoms with Crippen molar-refractivity contribution in [2.75, 3.05) is 13.9 Å². The second kappa shape index (κ2) is 5.16. The Morgan fingerprint density at radius 1 is 1.27 bits per heavy atom. The van der Waals surface area contributed by atoms with Crippen molar-refractivity contribution in [3.63, 3.8) is 0 Å². The molecule has 0 saturated carbocycles. The predicted octanol–water partition coefficient (Wildman–Crippen LogP) is 3.57. The summed E-state index contributed by atoms with van der Waals surface area (Å²) in [6.07, 6.45) is 0. The lowest BCUT2D eigenvalue weighted by Crippen LogP contribution is -2.13. The van der Waals surface area contributed by atoms with E-state index < -0.39 is 0 Å². The fourth-order valence-corrected chi connectivity index (χ4v) is 2.62. The molecule has 0 atom stereocenters. The fraction of sp³-hybridized carbons (Fsp3) is 0.500. The van der Waals surface area contributed by atoms with E-state index in [1.807, 2.05) is 12.1 Å². The maximum absolute atomic E-state index is 5.38. The van der Waals surface area contributed by atoms with Crippen molar-refractivity contribution in [3.05, 3.63) is 27.3 Å². The molecule has 0 amide bonds. The van der Waals surface area contributed by atoms with Gasteiger partial charge in [-0.15, -0.1) is 0 Å². The molecule has 0 radical (unpaired) electrons. The first-order chi connectivity index (χ1) is 6.95. The van der Waals surface area contributed by atoms with Gasteiger partial charge >= 0.3 is 0 Å². The minimum Gasteiger partial charge on any atom is -0.468 e. The summed E-state index contributed by atoms with van der Waals surface area (Å²) in [5, 5.41) is 0. The zero-order valence-corrected chi connectivity index (χ0v) is 11.8. The van der Waals surface area contributed by atoms with Gasteiger partial charge in [-0.05, 0) is 45.7 Å². The molecule has 0 aromatic heterocycles. The molecule has 1 rings (SSSR count). The van der Waals surface area contributed by atoms with Crippen molar-refractivity contribution >= 4 is 22.6 Å². The number of hydrogen-bond donors (Lipinski definition) is 0. The Morgan fingerprint density at radius 2 is 1.93 bits per heavy atom. The van der Waals surface area contributed by atoms with Gasteiger partial charge in [0.15, 0.2) is 6.79 Å². The van der Waals surface area contributed by atoms with Crippen LogP contribution in [-0.2, 0) is 10.2 Å². The average molecular weight is 320 g/mol. The van der Waals surface area contributed by atoms with Gasteiger partial charge in [-0.3, -0.25) is 0 Å². The number of hydrogen-bond acceptors (Lipinski definition) is 2. The van der Waals surface area contributed by atoms with Crippen LogP contribution in [0, 0.1) is 3.57 Å². The van der Waals surface area contributed by atoms with Crippen LogP contribution in [0.15, 0.2) is 18.2 Å². The third kappa shape index (κ3) is 3.65. The van der Waals surface area contributed by atoms with Crippen LogP contribution in [0.1, 0.15) is 26.3 Å². The van der Waals surface area contributed by atoms with Gasteiger partial charge in [0.1, 0.15) is 5.75 Å². The van der Waals surface area contributed by atoms with E-state index >= 15 is 0 Å². The molecule has 84 valence electrons. The summed E-state index contributed by atoms with van der Waals surface area (Å²) in [4.78, 5) is 0. The molecule has 0 aliphatic carbocycles. The fourth-order valence-electron chi connectivity index (χ4n) is 1.32. The van der Waals surface area contributed by atoms with Gasteiger partial charge in [-0.2, -0.15) is 0 Å². The molecular weight excluding hydrogens is 303 g/mol. The highest BCUT2D eigenvalue weighted by molar-refractivity contribution is 14.1. The van der Waals surface area contributed by atoms with Crippen LogP contribution in [0.5, 0.6) is 5.75 Å². The van der Waals surface area contributed by atoms with Gasteiger partial charge in [0.2, 0.25) is 0 Å². The molecule has 0 aliphatic rings. The first-order valence-electron chi connectivity index (χ1n) is 4.87. The number of halogens is 1. The van der Waals surface area contributed by atoms with E-state index in [-0.39, 0.29) is 5.41 Å². The summed E-state index contributed by atoms with van der Waals surface area (Å²) in [5.74, 6) is 0.856. The molecule has 0 aliphatic heterocycles. The maximum atomic E-state index is 5.38. The van der Waals surface area contributed by atoms with Crippen LogP contribution in [0.4, 0.5) is 0 Å². The van der Waals surface area contributed by atoms with Crippen molar-refractivity contribution in [1.29, 1.82) is 0 Å². The molecule has 0 saturated heterocycles. The average Bonchev–Trinajstić information content (AvgIpc) is 2.12. The third-order valence-corrected chi connectivity index (χ3v) is 2.98. The summed E-state index contributed by atoms with van der Waals surface area (Å²) in [6, 6.07) is 6.15. The summed E-state index contributed by atoms with van der Waals surface area (Å²) in [5.41, 5.74) is 1.52. The Kier molecular flexibility index (Phi) is 4.40. The van der Waals surface area contributed by atoms with Crippen LogP contribution >= 0.6 is 22.6 Å². The van der Waals surface area contributed by atoms with Crippen LogP contribution in [0.2, 0.25) is 0 Å². The lowest BCUT2D eigenvalue weighted by Gasteiger charge is -2.21. The molecule has 1 aromatic carbocycles. The van der Waals surface area contributed by atoms with E-state index in [4.69, 9.17) is 9.47 Å². The smallest absolute Gasteiger partial charge is 0.188 e. The quantitative estimate of drug-likeness (QED) is 0.626. The van der Waals surface area contributed by atoms with Crippen molar-refractivity contribution in [2.45, 2.75) is 26.2 Å². The van der Waals surface area contributed by atoms with Gasteiger partial charge in [0.25, 0.3) is 0 Å². The molecule has 0 unspecified atom stereocenters. The zero-order valence-electron chi connectivity index (χ0n) is 9.63. The van der Waals surface area contributed by atoms with Gasteiger partial charge < -0.3 is 9.47 Å². The van der Waals surface area contributed by atoms with E-state index in [0.717, 1.165) is 5.75 Å². The molecule has 0 fully saturated rings. The van der Waals surface area contributed by atoms with Gasteiger partial charge in [-0.1, -0.05) is 26.8 Å². The highest BCUT2D eigenvalue weighted by Gasteiger charge is 2.16. The molecule has 1 aromatic rings. The number of methoxy groups -OCH3 is 1. The maximum Gasteiger partial charge on any atom is 0.188 e. The molecular formula is C12H17IO2. The standard InChI is InChI=1S/C12H17IO2/c1-12(2,3)10-6-5-9(7-11(10)13)15-8-14-4/h5-7H,8H2,1-4H3. The van der Waals surface area contributed by atoms with Crippen LogP contribution < -0.4 is 4.74 Å². The minimum atomic E-state index is 0.177. The van der Waals surface area contributed by atoms with Crippen molar-refractivity contribution in [2.24, 2.45) is 0 Å². The second-order valence-corrected chi connectivity index (χ2v) is 5.60. The Morgan fingerprint density at radius 3 is 2.40 bits per heavy atom. The summed E-state index contributed by atoms with van der Waals surface area (Å²) in [7, 11) is 1.62. The van der Waals surface area contributed by atoms with E-state index in [0.29, 0.717) is 6.79 Å². The lowest BCUT2D eigenvalue weighted by atomic mass is 9.87. The molecule has 0 spiro atoms. The van der Waals surface area contributed by atoms with Crippen LogP contribution in [-0.4, -0.2) is 13.9 Å². The van der Waals surface area contributed by atoms with Crippen LogP contribution in [0.3, 0.4) is 0 Å². The molecule has 3 heteroatoms. The Balaban J connectivity index is 2.89. The highest BCUT2D eigenvalue weighted by Crippen LogP contribution is 2.29. The molecule has 2 nitrogen and oxygen atoms in total. The SMILES string of the molecule is COCOc1ccc(C(C)(C)C)c(I)c1. The largest absolute Gasteiger partial charge is 0.468 e. The Bertz CT molecular complexity index is 329. The van der Waals surface area contributed by atoms with E-state index in [1.54, 1.807) is 7.11 Å². The molecule has 0 heterocycles. The Labute approximate surface area is 105 Å². The first kappa shape index (κ1) is 12.8. The van der Waals surface area contributed by atoms with Gasteiger partial charge in [-0.25, -0.2) is 0 Å². The normalized spacial score (nSPS) is 11.5. The van der Waals surface area contributed by atoms with E-state index in [1.165, 1.54) is 9.13 Å². The van der Waals surface area contributed by atoms with E-state index in [2.05, 4.69) is 49.4 Å². The van der Waals surface area contributed by atoms with Crippen molar-refractivity contribution in [3.8, 4) is 5.75 Å². The van der Waals surface area contributed by atoms with Gasteiger partial charge in [0, 0.05) is 10.7 Å². The Hall–Kier alpha value is -0.290. The molecule has 15 heavy (non-hydrogen) atoms. The molecule has 0 bridgehead atoms. The van der Waals surface area contributed by atoms with Crippen LogP contribution in [0.25, 0.3) is 0 Å². The lowest BCUT2D eigenvalue weighted by molar-refractivity contribution is 0.0510. The topological polar surface area (TPSA) is 18.5 Å². The summed E-state index contributed by atoms with van der Waals surface area (Å²) in [6.45, 7) is 6.92. The number of rotatable bonds is 3. The minimum absolute atomic E-state index is 0.177. The van der Waals surface area contributed by atoms with Crippen molar-refractivity contribution < 1.29 is 9.47 Å². The second-order valence-electron chi connectivity index (χ2n) is 4.44. The number of benzene rings is 1.